The minimum atomic E-state index is 0.149. The van der Waals surface area contributed by atoms with E-state index in [1.807, 2.05) is 29.2 Å². The molecule has 2 atom stereocenters. The van der Waals surface area contributed by atoms with Gasteiger partial charge in [0.2, 0.25) is 0 Å². The second-order valence-corrected chi connectivity index (χ2v) is 10.2. The Morgan fingerprint density at radius 2 is 2.00 bits per heavy atom. The summed E-state index contributed by atoms with van der Waals surface area (Å²) in [7, 11) is 0. The molecule has 2 saturated heterocycles. The summed E-state index contributed by atoms with van der Waals surface area (Å²) in [5.74, 6) is 1.39. The van der Waals surface area contributed by atoms with Crippen molar-refractivity contribution in [1.29, 1.82) is 0 Å². The number of nitrogens with zero attached hydrogens (tertiary/aromatic N) is 2. The monoisotopic (exact) mass is 438 g/mol. The predicted molar refractivity (Wildman–Crippen MR) is 124 cm³/mol. The zero-order valence-electron chi connectivity index (χ0n) is 17.0. The van der Waals surface area contributed by atoms with Gasteiger partial charge in [0, 0.05) is 36.3 Å². The average Bonchev–Trinajstić information content (AvgIpc) is 3.47. The highest BCUT2D eigenvalue weighted by Gasteiger charge is 2.28. The maximum Gasteiger partial charge on any atom is 0.255 e. The molecule has 3 aromatic rings. The number of aromatic nitrogens is 1. The van der Waals surface area contributed by atoms with E-state index in [1.54, 1.807) is 23.1 Å². The maximum absolute atomic E-state index is 13.4. The number of rotatable bonds is 5. The van der Waals surface area contributed by atoms with Gasteiger partial charge in [-0.05, 0) is 49.9 Å². The summed E-state index contributed by atoms with van der Waals surface area (Å²) < 4.78 is 6.99. The Morgan fingerprint density at radius 3 is 2.87 bits per heavy atom. The molecule has 0 N–H and O–H groups in total. The Balaban J connectivity index is 1.31. The van der Waals surface area contributed by atoms with Crippen LogP contribution < -0.4 is 0 Å². The van der Waals surface area contributed by atoms with Crippen LogP contribution in [-0.4, -0.2) is 47.3 Å². The lowest BCUT2D eigenvalue weighted by Gasteiger charge is -2.32. The van der Waals surface area contributed by atoms with E-state index < -0.39 is 0 Å². The number of thioether (sulfide) groups is 1. The fourth-order valence-corrected chi connectivity index (χ4v) is 6.53. The van der Waals surface area contributed by atoms with E-state index in [0.29, 0.717) is 12.0 Å². The number of likely N-dealkylation sites (tertiary alicyclic amines) is 1. The molecule has 2 fully saturated rings. The molecule has 0 bridgehead atoms. The van der Waals surface area contributed by atoms with E-state index in [-0.39, 0.29) is 5.91 Å². The fraction of sp³-hybridized carbons (Fsp3) is 0.417. The molecule has 5 rings (SSSR count). The third kappa shape index (κ3) is 4.27. The lowest BCUT2D eigenvalue weighted by Crippen LogP contribution is -2.39. The van der Waals surface area contributed by atoms with Crippen molar-refractivity contribution in [2.45, 2.75) is 42.6 Å². The van der Waals surface area contributed by atoms with Gasteiger partial charge in [0.05, 0.1) is 26.9 Å². The first kappa shape index (κ1) is 20.0. The number of para-hydroxylation sites is 1. The van der Waals surface area contributed by atoms with Gasteiger partial charge >= 0.3 is 0 Å². The summed E-state index contributed by atoms with van der Waals surface area (Å²) in [6, 6.07) is 16.3. The van der Waals surface area contributed by atoms with Gasteiger partial charge < -0.3 is 9.64 Å². The number of thiazole rings is 1. The van der Waals surface area contributed by atoms with Gasteiger partial charge in [-0.2, -0.15) is 0 Å². The largest absolute Gasteiger partial charge is 0.377 e. The summed E-state index contributed by atoms with van der Waals surface area (Å²) >= 11 is 3.53. The second-order valence-electron chi connectivity index (χ2n) is 8.05. The highest BCUT2D eigenvalue weighted by Crippen LogP contribution is 2.34. The Bertz CT molecular complexity index is 996. The summed E-state index contributed by atoms with van der Waals surface area (Å²) in [5, 5.41) is 1.16. The van der Waals surface area contributed by atoms with Crippen LogP contribution in [0.5, 0.6) is 0 Å². The number of hydrogen-bond acceptors (Lipinski definition) is 5. The zero-order valence-corrected chi connectivity index (χ0v) is 18.6. The van der Waals surface area contributed by atoms with Crippen molar-refractivity contribution in [1.82, 2.24) is 9.88 Å². The molecule has 3 heterocycles. The molecule has 4 nitrogen and oxygen atoms in total. The molecule has 2 aliphatic rings. The van der Waals surface area contributed by atoms with Gasteiger partial charge in [0.1, 0.15) is 0 Å². The lowest BCUT2D eigenvalue weighted by molar-refractivity contribution is 0.0703. The Kier molecular flexibility index (Phi) is 6.07. The van der Waals surface area contributed by atoms with Crippen LogP contribution in [0, 0.1) is 0 Å². The lowest BCUT2D eigenvalue weighted by atomic mass is 9.98. The SMILES string of the molecule is O=C(c1ccccc1SCC1CCCO1)N1CCCC(c2nc3ccccc3s2)C1. The Morgan fingerprint density at radius 1 is 1.13 bits per heavy atom. The van der Waals surface area contributed by atoms with E-state index in [0.717, 1.165) is 72.1 Å². The second kappa shape index (κ2) is 9.08. The quantitative estimate of drug-likeness (QED) is 0.487. The van der Waals surface area contributed by atoms with Gasteiger partial charge in [-0.1, -0.05) is 24.3 Å². The number of benzene rings is 2. The third-order valence-corrected chi connectivity index (χ3v) is 8.34. The van der Waals surface area contributed by atoms with Crippen molar-refractivity contribution in [3.63, 3.8) is 0 Å². The predicted octanol–water partition coefficient (Wildman–Crippen LogP) is 5.59. The zero-order chi connectivity index (χ0) is 20.3. The molecule has 2 aromatic carbocycles. The minimum absolute atomic E-state index is 0.149. The van der Waals surface area contributed by atoms with E-state index in [2.05, 4.69) is 24.3 Å². The number of ether oxygens (including phenoxy) is 1. The van der Waals surface area contributed by atoms with Crippen LogP contribution in [-0.2, 0) is 4.74 Å². The van der Waals surface area contributed by atoms with Crippen molar-refractivity contribution in [2.75, 3.05) is 25.4 Å². The van der Waals surface area contributed by atoms with E-state index in [1.165, 1.54) is 4.70 Å². The van der Waals surface area contributed by atoms with Gasteiger partial charge in [0.25, 0.3) is 5.91 Å². The van der Waals surface area contributed by atoms with Crippen molar-refractivity contribution in [3.05, 3.63) is 59.1 Å². The van der Waals surface area contributed by atoms with Crippen molar-refractivity contribution in [3.8, 4) is 0 Å². The van der Waals surface area contributed by atoms with E-state index in [4.69, 9.17) is 9.72 Å². The smallest absolute Gasteiger partial charge is 0.255 e. The molecule has 0 spiro atoms. The van der Waals surface area contributed by atoms with Gasteiger partial charge in [-0.25, -0.2) is 4.98 Å². The number of amides is 1. The summed E-state index contributed by atoms with van der Waals surface area (Å²) in [5.41, 5.74) is 1.89. The summed E-state index contributed by atoms with van der Waals surface area (Å²) in [4.78, 5) is 21.4. The van der Waals surface area contributed by atoms with Gasteiger partial charge in [0.15, 0.2) is 0 Å². The Hall–Kier alpha value is -1.89. The first-order valence-electron chi connectivity index (χ1n) is 10.8. The molecule has 0 saturated carbocycles. The molecular formula is C24H26N2O2S2. The molecule has 1 amide bonds. The molecule has 156 valence electrons. The van der Waals surface area contributed by atoms with Crippen LogP contribution in [0.1, 0.15) is 47.0 Å². The minimum Gasteiger partial charge on any atom is -0.377 e. The highest BCUT2D eigenvalue weighted by atomic mass is 32.2. The summed E-state index contributed by atoms with van der Waals surface area (Å²) in [6.45, 7) is 2.45. The van der Waals surface area contributed by atoms with Crippen molar-refractivity contribution in [2.24, 2.45) is 0 Å². The number of piperidine rings is 1. The van der Waals surface area contributed by atoms with Crippen LogP contribution in [0.15, 0.2) is 53.4 Å². The highest BCUT2D eigenvalue weighted by molar-refractivity contribution is 7.99. The summed E-state index contributed by atoms with van der Waals surface area (Å²) in [6.07, 6.45) is 4.71. The normalized spacial score (nSPS) is 21.9. The van der Waals surface area contributed by atoms with Crippen LogP contribution in [0.4, 0.5) is 0 Å². The average molecular weight is 439 g/mol. The number of carbonyl (C=O) groups excluding carboxylic acids is 1. The third-order valence-electron chi connectivity index (χ3n) is 5.93. The Labute approximate surface area is 185 Å². The molecule has 1 aromatic heterocycles. The first-order valence-corrected chi connectivity index (χ1v) is 12.6. The van der Waals surface area contributed by atoms with E-state index >= 15 is 0 Å². The number of hydrogen-bond donors (Lipinski definition) is 0. The van der Waals surface area contributed by atoms with Crippen LogP contribution in [0.25, 0.3) is 10.2 Å². The van der Waals surface area contributed by atoms with Gasteiger partial charge in [-0.3, -0.25) is 4.79 Å². The standard InChI is InChI=1S/C24H26N2O2S2/c27-24(19-9-1-3-11-21(19)29-16-18-8-6-14-28-18)26-13-5-7-17(15-26)23-25-20-10-2-4-12-22(20)30-23/h1-4,9-12,17-18H,5-8,13-16H2. The molecule has 0 aliphatic carbocycles. The fourth-order valence-electron chi connectivity index (χ4n) is 4.33. The van der Waals surface area contributed by atoms with Crippen molar-refractivity contribution < 1.29 is 9.53 Å². The van der Waals surface area contributed by atoms with Crippen LogP contribution in [0.2, 0.25) is 0 Å². The van der Waals surface area contributed by atoms with E-state index in [9.17, 15) is 4.79 Å². The molecule has 2 unspecified atom stereocenters. The molecule has 6 heteroatoms. The molecule has 30 heavy (non-hydrogen) atoms. The number of fused-ring (bicyclic) bond motifs is 1. The van der Waals surface area contributed by atoms with Crippen LogP contribution in [0.3, 0.4) is 0 Å². The topological polar surface area (TPSA) is 42.4 Å². The molecular weight excluding hydrogens is 412 g/mol. The molecule has 2 aliphatic heterocycles. The molecule has 0 radical (unpaired) electrons. The maximum atomic E-state index is 13.4. The number of carbonyl (C=O) groups is 1. The van der Waals surface area contributed by atoms with Crippen LogP contribution >= 0.6 is 23.1 Å². The first-order chi connectivity index (χ1) is 14.8. The van der Waals surface area contributed by atoms with Crippen molar-refractivity contribution >= 4 is 39.2 Å². The van der Waals surface area contributed by atoms with Gasteiger partial charge in [-0.15, -0.1) is 23.1 Å².